The summed E-state index contributed by atoms with van der Waals surface area (Å²) >= 11 is 0. The smallest absolute Gasteiger partial charge is 0.238 e. The van der Waals surface area contributed by atoms with Gasteiger partial charge in [0.2, 0.25) is 5.95 Å². The van der Waals surface area contributed by atoms with Gasteiger partial charge in [0, 0.05) is 43.4 Å². The van der Waals surface area contributed by atoms with E-state index in [0.29, 0.717) is 17.6 Å². The Morgan fingerprint density at radius 1 is 0.328 bits per heavy atom. The van der Waals surface area contributed by atoms with Crippen LogP contribution in [0.4, 0.5) is 0 Å². The van der Waals surface area contributed by atoms with Crippen molar-refractivity contribution in [2.45, 2.75) is 0 Å². The molecule has 0 bridgehead atoms. The van der Waals surface area contributed by atoms with Gasteiger partial charge in [-0.2, -0.15) is 9.97 Å². The third-order valence-electron chi connectivity index (χ3n) is 13.2. The number of aromatic nitrogens is 4. The average Bonchev–Trinajstić information content (AvgIpc) is 3.93. The molecular weight excluding hydrogens is 781 g/mol. The van der Waals surface area contributed by atoms with Gasteiger partial charge in [-0.15, -0.1) is 0 Å². The van der Waals surface area contributed by atoms with Crippen LogP contribution < -0.4 is 0 Å². The second kappa shape index (κ2) is 13.4. The van der Waals surface area contributed by atoms with Gasteiger partial charge in [-0.3, -0.25) is 4.57 Å². The molecule has 14 aromatic rings. The molecule has 64 heavy (non-hydrogen) atoms. The van der Waals surface area contributed by atoms with Crippen LogP contribution in [0, 0.1) is 0 Å². The topological polar surface area (TPSA) is 56.7 Å². The Balaban J connectivity index is 1.12. The number of fused-ring (bicyclic) bond motifs is 15. The molecular formula is C59H34N4O. The Labute approximate surface area is 366 Å². The van der Waals surface area contributed by atoms with Crippen LogP contribution >= 0.6 is 0 Å². The summed E-state index contributed by atoms with van der Waals surface area (Å²) in [4.78, 5) is 16.6. The van der Waals surface area contributed by atoms with E-state index >= 15 is 0 Å². The minimum atomic E-state index is 0.542. The molecule has 5 nitrogen and oxygen atoms in total. The minimum absolute atomic E-state index is 0.542. The van der Waals surface area contributed by atoms with Crippen molar-refractivity contribution in [3.8, 4) is 39.9 Å². The van der Waals surface area contributed by atoms with E-state index in [1.807, 2.05) is 12.1 Å². The van der Waals surface area contributed by atoms with Crippen molar-refractivity contribution in [3.05, 3.63) is 206 Å². The lowest BCUT2D eigenvalue weighted by atomic mass is 9.91. The molecule has 0 aliphatic carbocycles. The molecule has 5 heteroatoms. The highest BCUT2D eigenvalue weighted by Crippen LogP contribution is 2.44. The molecule has 0 amide bonds. The quantitative estimate of drug-likeness (QED) is 0.166. The van der Waals surface area contributed by atoms with E-state index in [0.717, 1.165) is 82.2 Å². The largest absolute Gasteiger partial charge is 0.455 e. The lowest BCUT2D eigenvalue weighted by molar-refractivity contribution is 0.672. The zero-order valence-electron chi connectivity index (χ0n) is 34.3. The molecule has 14 rings (SSSR count). The van der Waals surface area contributed by atoms with Crippen LogP contribution in [0.25, 0.3) is 137 Å². The highest BCUT2D eigenvalue weighted by atomic mass is 16.3. The molecule has 0 unspecified atom stereocenters. The second-order valence-electron chi connectivity index (χ2n) is 16.7. The predicted octanol–water partition coefficient (Wildman–Crippen LogP) is 15.6. The molecule has 3 heterocycles. The maximum absolute atomic E-state index is 6.73. The molecule has 11 aromatic carbocycles. The van der Waals surface area contributed by atoms with Gasteiger partial charge in [-0.05, 0) is 78.5 Å². The molecule has 0 atom stereocenters. The fourth-order valence-corrected chi connectivity index (χ4v) is 10.4. The van der Waals surface area contributed by atoms with E-state index in [2.05, 4.69) is 199 Å². The van der Waals surface area contributed by atoms with E-state index < -0.39 is 0 Å². The summed E-state index contributed by atoms with van der Waals surface area (Å²) in [6.45, 7) is 0. The van der Waals surface area contributed by atoms with Crippen molar-refractivity contribution >= 4 is 97.6 Å². The SMILES string of the molecule is c1ccc(-c2cc3ccccc3c3ccccc23)c(-c2nc(-c3cccc4oc5c6ccccc6ccc5c34)nc(-n3c4ccc5ccccc5c4c4ccc5ccccc5c43)n2)c1. The first-order valence-corrected chi connectivity index (χ1v) is 21.7. The molecule has 0 spiro atoms. The molecule has 296 valence electrons. The van der Waals surface area contributed by atoms with E-state index in [1.165, 1.54) is 37.7 Å². The van der Waals surface area contributed by atoms with Crippen molar-refractivity contribution in [1.29, 1.82) is 0 Å². The Morgan fingerprint density at radius 2 is 0.891 bits per heavy atom. The zero-order chi connectivity index (χ0) is 41.9. The van der Waals surface area contributed by atoms with E-state index in [9.17, 15) is 0 Å². The maximum atomic E-state index is 6.73. The summed E-state index contributed by atoms with van der Waals surface area (Å²) in [5.74, 6) is 1.69. The minimum Gasteiger partial charge on any atom is -0.455 e. The average molecular weight is 815 g/mol. The number of rotatable bonds is 4. The van der Waals surface area contributed by atoms with Gasteiger partial charge in [0.05, 0.1) is 11.0 Å². The molecule has 0 aliphatic heterocycles. The highest BCUT2D eigenvalue weighted by Gasteiger charge is 2.24. The number of nitrogens with zero attached hydrogens (tertiary/aromatic N) is 4. The number of benzene rings is 11. The Morgan fingerprint density at radius 3 is 1.69 bits per heavy atom. The molecule has 0 aliphatic rings. The predicted molar refractivity (Wildman–Crippen MR) is 265 cm³/mol. The van der Waals surface area contributed by atoms with E-state index in [-0.39, 0.29) is 0 Å². The van der Waals surface area contributed by atoms with Crippen LogP contribution in [-0.2, 0) is 0 Å². The summed E-state index contributed by atoms with van der Waals surface area (Å²) in [5.41, 5.74) is 7.68. The Bertz CT molecular complexity index is 4270. The molecule has 0 fully saturated rings. The van der Waals surface area contributed by atoms with Crippen molar-refractivity contribution in [1.82, 2.24) is 19.5 Å². The first-order valence-electron chi connectivity index (χ1n) is 21.7. The van der Waals surface area contributed by atoms with Gasteiger partial charge in [-0.1, -0.05) is 182 Å². The summed E-state index contributed by atoms with van der Waals surface area (Å²) < 4.78 is 8.99. The van der Waals surface area contributed by atoms with Crippen LogP contribution in [0.3, 0.4) is 0 Å². The van der Waals surface area contributed by atoms with Gasteiger partial charge in [0.1, 0.15) is 11.2 Å². The molecule has 3 aromatic heterocycles. The van der Waals surface area contributed by atoms with Crippen molar-refractivity contribution in [2.24, 2.45) is 0 Å². The van der Waals surface area contributed by atoms with Crippen LogP contribution in [0.5, 0.6) is 0 Å². The Hall–Kier alpha value is -8.67. The fraction of sp³-hybridized carbons (Fsp3) is 0. The van der Waals surface area contributed by atoms with E-state index in [1.54, 1.807) is 0 Å². The third kappa shape index (κ3) is 5.03. The summed E-state index contributed by atoms with van der Waals surface area (Å²) in [6, 6.07) is 73.3. The highest BCUT2D eigenvalue weighted by molar-refractivity contribution is 6.26. The lowest BCUT2D eigenvalue weighted by Gasteiger charge is -2.16. The third-order valence-corrected chi connectivity index (χ3v) is 13.2. The molecule has 0 radical (unpaired) electrons. The lowest BCUT2D eigenvalue weighted by Crippen LogP contribution is -2.07. The Kier molecular flexibility index (Phi) is 7.33. The maximum Gasteiger partial charge on any atom is 0.238 e. The first kappa shape index (κ1) is 35.0. The summed E-state index contributed by atoms with van der Waals surface area (Å²) in [5, 5.41) is 15.9. The number of furan rings is 1. The van der Waals surface area contributed by atoms with Crippen molar-refractivity contribution in [2.75, 3.05) is 0 Å². The van der Waals surface area contributed by atoms with Gasteiger partial charge in [0.25, 0.3) is 0 Å². The summed E-state index contributed by atoms with van der Waals surface area (Å²) in [7, 11) is 0. The monoisotopic (exact) mass is 814 g/mol. The molecule has 0 saturated heterocycles. The van der Waals surface area contributed by atoms with E-state index in [4.69, 9.17) is 19.4 Å². The van der Waals surface area contributed by atoms with Gasteiger partial charge in [-0.25, -0.2) is 4.98 Å². The number of hydrogen-bond donors (Lipinski definition) is 0. The standard InChI is InChI=1S/C59H34N4O/c1-6-19-40-35(14-1)30-33-51-53(40)47-31-28-36-15-2-7-20-41(36)55(47)63(51)59-61-57(46-25-12-11-24-45(46)50-34-38-17-4-5-18-39(38)43-22-9-10-23-44(43)50)60-58(62-59)49-26-13-27-52-54(49)48-32-29-37-16-3-8-21-42(37)56(48)64-52/h1-34H. The van der Waals surface area contributed by atoms with Gasteiger partial charge < -0.3 is 4.42 Å². The zero-order valence-corrected chi connectivity index (χ0v) is 34.3. The van der Waals surface area contributed by atoms with Crippen LogP contribution in [-0.4, -0.2) is 19.5 Å². The van der Waals surface area contributed by atoms with Crippen LogP contribution in [0.1, 0.15) is 0 Å². The summed E-state index contributed by atoms with van der Waals surface area (Å²) in [6.07, 6.45) is 0. The van der Waals surface area contributed by atoms with Crippen LogP contribution in [0.15, 0.2) is 211 Å². The normalized spacial score (nSPS) is 12.1. The molecule has 0 N–H and O–H groups in total. The van der Waals surface area contributed by atoms with Gasteiger partial charge in [0.15, 0.2) is 11.6 Å². The second-order valence-corrected chi connectivity index (χ2v) is 16.7. The van der Waals surface area contributed by atoms with Crippen molar-refractivity contribution in [3.63, 3.8) is 0 Å². The van der Waals surface area contributed by atoms with Gasteiger partial charge >= 0.3 is 0 Å². The molecule has 0 saturated carbocycles. The van der Waals surface area contributed by atoms with Crippen molar-refractivity contribution < 1.29 is 4.42 Å². The number of hydrogen-bond acceptors (Lipinski definition) is 4. The first-order chi connectivity index (χ1) is 31.7. The van der Waals surface area contributed by atoms with Crippen LogP contribution in [0.2, 0.25) is 0 Å². The fourth-order valence-electron chi connectivity index (χ4n) is 10.4.